The van der Waals surface area contributed by atoms with Crippen LogP contribution < -0.4 is 5.32 Å². The molecule has 23 heavy (non-hydrogen) atoms. The van der Waals surface area contributed by atoms with Gasteiger partial charge in [-0.1, -0.05) is 12.2 Å². The van der Waals surface area contributed by atoms with Crippen LogP contribution in [0.2, 0.25) is 0 Å². The molecule has 1 saturated heterocycles. The summed E-state index contributed by atoms with van der Waals surface area (Å²) in [5, 5.41) is 3.22. The number of halogens is 1. The van der Waals surface area contributed by atoms with E-state index >= 15 is 0 Å². The minimum absolute atomic E-state index is 0. The van der Waals surface area contributed by atoms with E-state index in [1.165, 1.54) is 4.90 Å². The maximum absolute atomic E-state index is 12.5. The lowest BCUT2D eigenvalue weighted by Crippen LogP contribution is -2.39. The number of hydrogen-bond donors (Lipinski definition) is 1. The van der Waals surface area contributed by atoms with E-state index in [0.29, 0.717) is 24.9 Å². The highest BCUT2D eigenvalue weighted by atomic mass is 127. The van der Waals surface area contributed by atoms with Gasteiger partial charge in [0.25, 0.3) is 0 Å². The van der Waals surface area contributed by atoms with Crippen molar-refractivity contribution in [1.82, 2.24) is 15.1 Å². The lowest BCUT2D eigenvalue weighted by molar-refractivity contribution is -0.140. The minimum atomic E-state index is -0.0787. The average molecular weight is 432 g/mol. The molecule has 2 amide bonds. The second-order valence-electron chi connectivity index (χ2n) is 6.55. The first-order valence-corrected chi connectivity index (χ1v) is 7.96. The molecule has 6 nitrogen and oxygen atoms in total. The van der Waals surface area contributed by atoms with Crippen LogP contribution in [0.15, 0.2) is 17.1 Å². The number of carbonyl (C=O) groups is 2. The van der Waals surface area contributed by atoms with Crippen LogP contribution in [0.3, 0.4) is 0 Å². The number of fused-ring (bicyclic) bond motifs is 5. The summed E-state index contributed by atoms with van der Waals surface area (Å²) in [6, 6.07) is 0. The van der Waals surface area contributed by atoms with Crippen LogP contribution in [-0.2, 0) is 9.59 Å². The van der Waals surface area contributed by atoms with Crippen molar-refractivity contribution in [1.29, 1.82) is 0 Å². The summed E-state index contributed by atoms with van der Waals surface area (Å²) >= 11 is 0. The molecule has 0 aromatic heterocycles. The van der Waals surface area contributed by atoms with E-state index in [9.17, 15) is 9.59 Å². The summed E-state index contributed by atoms with van der Waals surface area (Å²) < 4.78 is 0. The molecule has 4 unspecified atom stereocenters. The van der Waals surface area contributed by atoms with Gasteiger partial charge in [-0.15, -0.1) is 24.0 Å². The third-order valence-corrected chi connectivity index (χ3v) is 5.04. The van der Waals surface area contributed by atoms with Crippen LogP contribution >= 0.6 is 24.0 Å². The average Bonchev–Trinajstić information content (AvgIpc) is 3.15. The predicted octanol–water partition coefficient (Wildman–Crippen LogP) is 0.939. The molecule has 1 aliphatic heterocycles. The summed E-state index contributed by atoms with van der Waals surface area (Å²) in [4.78, 5) is 32.5. The van der Waals surface area contributed by atoms with Crippen LogP contribution in [0, 0.1) is 23.7 Å². The van der Waals surface area contributed by atoms with Gasteiger partial charge in [-0.2, -0.15) is 0 Å². The third-order valence-electron chi connectivity index (χ3n) is 5.04. The van der Waals surface area contributed by atoms with Crippen LogP contribution in [0.4, 0.5) is 0 Å². The Morgan fingerprint density at radius 1 is 1.26 bits per heavy atom. The fraction of sp³-hybridized carbons (Fsp3) is 0.688. The standard InChI is InChI=1S/C16H24N4O2.HI/c1-17-16(19(2)3)18-7-4-8-20-14(21)12-10-5-6-11(9-10)13(12)15(20)22;/h5-6,10-13H,4,7-9H2,1-3H3,(H,17,18);1H. The Balaban J connectivity index is 0.00000192. The van der Waals surface area contributed by atoms with E-state index in [0.717, 1.165) is 18.8 Å². The molecular weight excluding hydrogens is 407 g/mol. The van der Waals surface area contributed by atoms with Gasteiger partial charge in [0.05, 0.1) is 11.8 Å². The van der Waals surface area contributed by atoms with Crippen LogP contribution in [-0.4, -0.2) is 61.8 Å². The second-order valence-corrected chi connectivity index (χ2v) is 6.55. The van der Waals surface area contributed by atoms with E-state index in [1.54, 1.807) is 7.05 Å². The van der Waals surface area contributed by atoms with Gasteiger partial charge in [-0.05, 0) is 24.7 Å². The summed E-state index contributed by atoms with van der Waals surface area (Å²) in [6.07, 6.45) is 5.99. The second kappa shape index (κ2) is 7.19. The molecule has 128 valence electrons. The molecule has 1 heterocycles. The summed E-state index contributed by atoms with van der Waals surface area (Å²) in [6.45, 7) is 1.20. The number of likely N-dealkylation sites (tertiary alicyclic amines) is 1. The van der Waals surface area contributed by atoms with Crippen molar-refractivity contribution < 1.29 is 9.59 Å². The molecule has 1 saturated carbocycles. The number of nitrogens with zero attached hydrogens (tertiary/aromatic N) is 3. The van der Waals surface area contributed by atoms with Crippen molar-refractivity contribution in [3.05, 3.63) is 12.2 Å². The topological polar surface area (TPSA) is 65.0 Å². The van der Waals surface area contributed by atoms with Gasteiger partial charge in [0.15, 0.2) is 5.96 Å². The fourth-order valence-corrected chi connectivity index (χ4v) is 4.06. The Hall–Kier alpha value is -1.12. The van der Waals surface area contributed by atoms with Gasteiger partial charge in [0.2, 0.25) is 11.8 Å². The number of imide groups is 1. The number of rotatable bonds is 4. The van der Waals surface area contributed by atoms with E-state index in [2.05, 4.69) is 22.5 Å². The number of aliphatic imine (C=N–C) groups is 1. The third kappa shape index (κ3) is 3.12. The largest absolute Gasteiger partial charge is 0.356 e. The molecule has 0 aromatic rings. The lowest BCUT2D eigenvalue weighted by Gasteiger charge is -2.19. The van der Waals surface area contributed by atoms with Crippen LogP contribution in [0.5, 0.6) is 0 Å². The van der Waals surface area contributed by atoms with E-state index in [4.69, 9.17) is 0 Å². The van der Waals surface area contributed by atoms with E-state index < -0.39 is 0 Å². The number of allylic oxidation sites excluding steroid dienone is 2. The molecule has 0 radical (unpaired) electrons. The van der Waals surface area contributed by atoms with Gasteiger partial charge in [-0.3, -0.25) is 19.5 Å². The molecule has 3 aliphatic rings. The summed E-state index contributed by atoms with van der Waals surface area (Å²) in [5.41, 5.74) is 0. The number of hydrogen-bond acceptors (Lipinski definition) is 3. The molecule has 1 N–H and O–H groups in total. The van der Waals surface area contributed by atoms with Gasteiger partial charge >= 0.3 is 0 Å². The monoisotopic (exact) mass is 432 g/mol. The molecule has 0 spiro atoms. The maximum atomic E-state index is 12.5. The molecular formula is C16H25IN4O2. The quantitative estimate of drug-likeness (QED) is 0.179. The highest BCUT2D eigenvalue weighted by Crippen LogP contribution is 2.52. The van der Waals surface area contributed by atoms with E-state index in [1.807, 2.05) is 19.0 Å². The summed E-state index contributed by atoms with van der Waals surface area (Å²) in [7, 11) is 5.58. The van der Waals surface area contributed by atoms with Gasteiger partial charge in [0.1, 0.15) is 0 Å². The number of nitrogens with one attached hydrogen (secondary N) is 1. The van der Waals surface area contributed by atoms with Crippen molar-refractivity contribution in [3.8, 4) is 0 Å². The van der Waals surface area contributed by atoms with Crippen molar-refractivity contribution in [2.75, 3.05) is 34.2 Å². The molecule has 3 rings (SSSR count). The van der Waals surface area contributed by atoms with Crippen molar-refractivity contribution in [2.24, 2.45) is 28.7 Å². The maximum Gasteiger partial charge on any atom is 0.233 e. The minimum Gasteiger partial charge on any atom is -0.356 e. The van der Waals surface area contributed by atoms with Crippen molar-refractivity contribution >= 4 is 41.8 Å². The zero-order chi connectivity index (χ0) is 15.9. The molecule has 0 aromatic carbocycles. The van der Waals surface area contributed by atoms with E-state index in [-0.39, 0.29) is 47.6 Å². The first-order valence-electron chi connectivity index (χ1n) is 7.96. The Kier molecular flexibility index (Phi) is 5.70. The predicted molar refractivity (Wildman–Crippen MR) is 99.5 cm³/mol. The Labute approximate surface area is 154 Å². The number of guanidine groups is 1. The Morgan fingerprint density at radius 2 is 1.83 bits per heavy atom. The Bertz CT molecular complexity index is 516. The number of amides is 2. The molecule has 2 fully saturated rings. The first kappa shape index (κ1) is 18.2. The highest BCUT2D eigenvalue weighted by Gasteiger charge is 2.58. The first-order chi connectivity index (χ1) is 10.5. The highest BCUT2D eigenvalue weighted by molar-refractivity contribution is 14.0. The van der Waals surface area contributed by atoms with Crippen LogP contribution in [0.25, 0.3) is 0 Å². The summed E-state index contributed by atoms with van der Waals surface area (Å²) in [5.74, 6) is 1.32. The number of carbonyl (C=O) groups excluding carboxylic acids is 2. The van der Waals surface area contributed by atoms with Crippen LogP contribution in [0.1, 0.15) is 12.8 Å². The zero-order valence-corrected chi connectivity index (χ0v) is 16.2. The molecule has 2 bridgehead atoms. The van der Waals surface area contributed by atoms with Gasteiger partial charge < -0.3 is 10.2 Å². The Morgan fingerprint density at radius 3 is 2.30 bits per heavy atom. The molecule has 7 heteroatoms. The normalized spacial score (nSPS) is 31.4. The van der Waals surface area contributed by atoms with Crippen molar-refractivity contribution in [3.63, 3.8) is 0 Å². The smallest absolute Gasteiger partial charge is 0.233 e. The molecule has 2 aliphatic carbocycles. The van der Waals surface area contributed by atoms with Gasteiger partial charge in [-0.25, -0.2) is 0 Å². The SMILES string of the molecule is CN=C(NCCCN1C(=O)C2C3C=CC(C3)C2C1=O)N(C)C.I. The molecule has 4 atom stereocenters. The fourth-order valence-electron chi connectivity index (χ4n) is 4.06. The van der Waals surface area contributed by atoms with Gasteiger partial charge in [0, 0.05) is 34.2 Å². The zero-order valence-electron chi connectivity index (χ0n) is 13.9. The van der Waals surface area contributed by atoms with Crippen molar-refractivity contribution in [2.45, 2.75) is 12.8 Å². The lowest BCUT2D eigenvalue weighted by atomic mass is 9.85.